The number of aryl methyl sites for hydroxylation is 2. The summed E-state index contributed by atoms with van der Waals surface area (Å²) in [6.45, 7) is 11.3. The van der Waals surface area contributed by atoms with E-state index < -0.39 is 5.97 Å². The molecular formula is C28H33BrN4O4S. The minimum absolute atomic E-state index is 0.141. The number of thioether (sulfide) groups is 1. The average Bonchev–Trinajstić information content (AvgIpc) is 3.27. The number of carbonyl (C=O) groups is 2. The van der Waals surface area contributed by atoms with E-state index in [2.05, 4.69) is 64.0 Å². The maximum Gasteiger partial charge on any atom is 0.337 e. The second-order valence-electron chi connectivity index (χ2n) is 8.95. The van der Waals surface area contributed by atoms with E-state index in [0.29, 0.717) is 41.9 Å². The molecule has 1 heterocycles. The lowest BCUT2D eigenvalue weighted by molar-refractivity contribution is -0.113. The quantitative estimate of drug-likeness (QED) is 0.108. The molecule has 1 amide bonds. The molecule has 0 aliphatic carbocycles. The summed E-state index contributed by atoms with van der Waals surface area (Å²) < 4.78 is 13.9. The fraction of sp³-hybridized carbons (Fsp3) is 0.357. The van der Waals surface area contributed by atoms with Crippen molar-refractivity contribution in [3.63, 3.8) is 0 Å². The largest absolute Gasteiger partial charge is 0.493 e. The van der Waals surface area contributed by atoms with Crippen molar-refractivity contribution in [3.8, 4) is 5.75 Å². The number of hydrogen-bond acceptors (Lipinski definition) is 7. The zero-order valence-corrected chi connectivity index (χ0v) is 24.5. The minimum atomic E-state index is -0.460. The van der Waals surface area contributed by atoms with Crippen LogP contribution in [0.3, 0.4) is 0 Å². The molecule has 38 heavy (non-hydrogen) atoms. The van der Waals surface area contributed by atoms with Gasteiger partial charge >= 0.3 is 5.97 Å². The molecule has 0 aliphatic rings. The molecule has 1 aromatic heterocycles. The van der Waals surface area contributed by atoms with Gasteiger partial charge in [0.15, 0.2) is 5.16 Å². The number of nitrogens with zero attached hydrogens (tertiary/aromatic N) is 3. The van der Waals surface area contributed by atoms with Gasteiger partial charge in [0, 0.05) is 23.1 Å². The van der Waals surface area contributed by atoms with Crippen molar-refractivity contribution in [1.82, 2.24) is 14.8 Å². The van der Waals surface area contributed by atoms with Crippen LogP contribution in [0.15, 0.2) is 58.7 Å². The molecule has 0 spiro atoms. The van der Waals surface area contributed by atoms with Gasteiger partial charge in [0.05, 0.1) is 25.0 Å². The van der Waals surface area contributed by atoms with Crippen LogP contribution in [0.2, 0.25) is 0 Å². The summed E-state index contributed by atoms with van der Waals surface area (Å²) in [6, 6.07) is 10.8. The van der Waals surface area contributed by atoms with Gasteiger partial charge in [-0.1, -0.05) is 53.7 Å². The van der Waals surface area contributed by atoms with Crippen LogP contribution in [0, 0.1) is 6.92 Å². The lowest BCUT2D eigenvalue weighted by Crippen LogP contribution is -2.15. The van der Waals surface area contributed by atoms with Crippen LogP contribution < -0.4 is 10.1 Å². The van der Waals surface area contributed by atoms with Crippen molar-refractivity contribution in [3.05, 3.63) is 76.0 Å². The Morgan fingerprint density at radius 1 is 1.24 bits per heavy atom. The minimum Gasteiger partial charge on any atom is -0.493 e. The van der Waals surface area contributed by atoms with Crippen molar-refractivity contribution in [1.29, 1.82) is 0 Å². The number of benzene rings is 2. The number of anilines is 1. The molecule has 8 nitrogen and oxygen atoms in total. The predicted octanol–water partition coefficient (Wildman–Crippen LogP) is 6.19. The van der Waals surface area contributed by atoms with Crippen molar-refractivity contribution < 1.29 is 19.1 Å². The van der Waals surface area contributed by atoms with Gasteiger partial charge in [-0.2, -0.15) is 0 Å². The van der Waals surface area contributed by atoms with Crippen LogP contribution in [0.1, 0.15) is 53.5 Å². The summed E-state index contributed by atoms with van der Waals surface area (Å²) in [6.07, 6.45) is 3.23. The van der Waals surface area contributed by atoms with Crippen molar-refractivity contribution in [2.45, 2.75) is 51.2 Å². The molecule has 0 bridgehead atoms. The Morgan fingerprint density at radius 3 is 2.74 bits per heavy atom. The summed E-state index contributed by atoms with van der Waals surface area (Å²) in [5.41, 5.74) is 3.20. The molecule has 0 radical (unpaired) electrons. The van der Waals surface area contributed by atoms with E-state index in [0.717, 1.165) is 28.0 Å². The van der Waals surface area contributed by atoms with Gasteiger partial charge in [0.25, 0.3) is 0 Å². The summed E-state index contributed by atoms with van der Waals surface area (Å²) in [5, 5.41) is 12.1. The van der Waals surface area contributed by atoms with E-state index in [-0.39, 0.29) is 11.7 Å². The third-order valence-corrected chi connectivity index (χ3v) is 7.38. The van der Waals surface area contributed by atoms with Crippen LogP contribution in [0.25, 0.3) is 0 Å². The second-order valence-corrected chi connectivity index (χ2v) is 10.8. The number of nitrogens with one attached hydrogen (secondary N) is 1. The Hall–Kier alpha value is -3.11. The molecule has 0 atom stereocenters. The number of esters is 1. The van der Waals surface area contributed by atoms with E-state index >= 15 is 0 Å². The molecule has 3 aromatic rings. The smallest absolute Gasteiger partial charge is 0.337 e. The van der Waals surface area contributed by atoms with Crippen molar-refractivity contribution in [2.75, 3.05) is 24.8 Å². The first-order chi connectivity index (χ1) is 18.2. The van der Waals surface area contributed by atoms with Gasteiger partial charge < -0.3 is 19.4 Å². The number of aromatic nitrogens is 3. The molecule has 0 fully saturated rings. The topological polar surface area (TPSA) is 95.3 Å². The Bertz CT molecular complexity index is 1290. The van der Waals surface area contributed by atoms with Crippen molar-refractivity contribution in [2.24, 2.45) is 0 Å². The fourth-order valence-corrected chi connectivity index (χ4v) is 5.45. The molecule has 202 valence electrons. The summed E-state index contributed by atoms with van der Waals surface area (Å²) in [7, 11) is 1.32. The van der Waals surface area contributed by atoms with Gasteiger partial charge in [0.2, 0.25) is 5.91 Å². The van der Waals surface area contributed by atoms with E-state index in [1.165, 1.54) is 24.4 Å². The van der Waals surface area contributed by atoms with E-state index in [4.69, 9.17) is 9.47 Å². The number of ether oxygens (including phenoxy) is 2. The number of methoxy groups -OCH3 is 1. The zero-order valence-electron chi connectivity index (χ0n) is 22.1. The number of rotatable bonds is 13. The second kappa shape index (κ2) is 14.2. The highest BCUT2D eigenvalue weighted by atomic mass is 79.9. The lowest BCUT2D eigenvalue weighted by Gasteiger charge is -2.15. The molecule has 0 saturated heterocycles. The number of amides is 1. The van der Waals surface area contributed by atoms with Gasteiger partial charge in [-0.25, -0.2) is 4.79 Å². The monoisotopic (exact) mass is 600 g/mol. The highest BCUT2D eigenvalue weighted by molar-refractivity contribution is 9.10. The third-order valence-electron chi connectivity index (χ3n) is 5.72. The van der Waals surface area contributed by atoms with E-state index in [1.54, 1.807) is 30.3 Å². The van der Waals surface area contributed by atoms with Gasteiger partial charge in [-0.15, -0.1) is 16.8 Å². The molecule has 0 unspecified atom stereocenters. The molecule has 10 heteroatoms. The highest BCUT2D eigenvalue weighted by Crippen LogP contribution is 2.31. The summed E-state index contributed by atoms with van der Waals surface area (Å²) in [4.78, 5) is 24.2. The average molecular weight is 602 g/mol. The van der Waals surface area contributed by atoms with Gasteiger partial charge in [-0.3, -0.25) is 4.79 Å². The molecule has 0 saturated carbocycles. The first-order valence-electron chi connectivity index (χ1n) is 12.3. The van der Waals surface area contributed by atoms with Gasteiger partial charge in [0.1, 0.15) is 11.6 Å². The summed E-state index contributed by atoms with van der Waals surface area (Å²) in [5.74, 6) is 1.57. The van der Waals surface area contributed by atoms with E-state index in [9.17, 15) is 9.59 Å². The van der Waals surface area contributed by atoms with Crippen LogP contribution >= 0.6 is 27.7 Å². The van der Waals surface area contributed by atoms with Crippen LogP contribution in [0.5, 0.6) is 5.75 Å². The number of halogens is 1. The van der Waals surface area contributed by atoms with Crippen LogP contribution in [0.4, 0.5) is 5.69 Å². The molecule has 3 rings (SSSR count). The number of carbonyl (C=O) groups excluding carboxylic acids is 2. The van der Waals surface area contributed by atoms with E-state index in [1.807, 2.05) is 11.5 Å². The Labute approximate surface area is 236 Å². The highest BCUT2D eigenvalue weighted by Gasteiger charge is 2.15. The van der Waals surface area contributed by atoms with Crippen LogP contribution in [-0.2, 0) is 22.5 Å². The predicted molar refractivity (Wildman–Crippen MR) is 154 cm³/mol. The number of hydrogen-bond donors (Lipinski definition) is 1. The Balaban J connectivity index is 1.56. The first-order valence-corrected chi connectivity index (χ1v) is 14.1. The maximum atomic E-state index is 12.5. The normalized spacial score (nSPS) is 10.9. The Morgan fingerprint density at radius 2 is 2.03 bits per heavy atom. The van der Waals surface area contributed by atoms with Crippen molar-refractivity contribution >= 4 is 45.3 Å². The molecule has 0 aliphatic heterocycles. The number of allylic oxidation sites excluding steroid dienone is 1. The first kappa shape index (κ1) is 29.4. The molecular weight excluding hydrogens is 568 g/mol. The maximum absolute atomic E-state index is 12.5. The molecule has 2 aromatic carbocycles. The summed E-state index contributed by atoms with van der Waals surface area (Å²) >= 11 is 4.94. The lowest BCUT2D eigenvalue weighted by atomic mass is 10.0. The third kappa shape index (κ3) is 7.94. The Kier molecular flexibility index (Phi) is 11.0. The SMILES string of the molecule is C=CCn1c(CCCOc2cc(C(C)C)c(Br)cc2C)nnc1SCC(=O)Nc1cccc(C(=O)OC)c1. The standard InChI is InChI=1S/C28H33BrN4O4S/c1-6-12-33-25(11-8-13-37-24-16-22(18(2)3)23(29)14-19(24)4)31-32-28(33)38-17-26(34)30-21-10-7-9-20(15-21)27(35)36-5/h6-7,9-10,14-16,18H,1,8,11-13,17H2,2-5H3,(H,30,34). The van der Waals surface area contributed by atoms with Crippen LogP contribution in [-0.4, -0.2) is 46.1 Å². The molecule has 1 N–H and O–H groups in total. The fourth-order valence-electron chi connectivity index (χ4n) is 3.77. The zero-order chi connectivity index (χ0) is 27.7. The van der Waals surface area contributed by atoms with Gasteiger partial charge in [-0.05, 0) is 60.7 Å².